The summed E-state index contributed by atoms with van der Waals surface area (Å²) in [6, 6.07) is 12.9. The lowest BCUT2D eigenvalue weighted by atomic mass is 10.2. The van der Waals surface area contributed by atoms with Crippen LogP contribution in [0.15, 0.2) is 59.5 Å². The van der Waals surface area contributed by atoms with Gasteiger partial charge < -0.3 is 10.6 Å². The molecule has 9 nitrogen and oxygen atoms in total. The highest BCUT2D eigenvalue weighted by molar-refractivity contribution is 7.89. The van der Waals surface area contributed by atoms with Crippen LogP contribution in [-0.4, -0.2) is 38.4 Å². The van der Waals surface area contributed by atoms with Crippen molar-refractivity contribution in [3.05, 3.63) is 64.7 Å². The Labute approximate surface area is 157 Å². The van der Waals surface area contributed by atoms with Crippen LogP contribution >= 0.6 is 0 Å². The Kier molecular flexibility index (Phi) is 6.85. The highest BCUT2D eigenvalue weighted by Gasteiger charge is 2.21. The molecular formula is C17H20N4O5S. The Morgan fingerprint density at radius 1 is 1.07 bits per heavy atom. The van der Waals surface area contributed by atoms with Gasteiger partial charge in [-0.25, -0.2) is 8.42 Å². The molecule has 27 heavy (non-hydrogen) atoms. The smallest absolute Gasteiger partial charge is 0.292 e. The van der Waals surface area contributed by atoms with Crippen LogP contribution in [-0.2, 0) is 14.8 Å². The number of benzene rings is 2. The molecule has 0 aliphatic rings. The van der Waals surface area contributed by atoms with Crippen LogP contribution in [0.25, 0.3) is 0 Å². The quantitative estimate of drug-likeness (QED) is 0.337. The van der Waals surface area contributed by atoms with Gasteiger partial charge in [-0.3, -0.25) is 14.9 Å². The monoisotopic (exact) mass is 392 g/mol. The van der Waals surface area contributed by atoms with Crippen molar-refractivity contribution < 1.29 is 18.1 Å². The van der Waals surface area contributed by atoms with Crippen molar-refractivity contribution in [2.24, 2.45) is 0 Å². The second-order valence-electron chi connectivity index (χ2n) is 5.65. The molecule has 0 radical (unpaired) electrons. The third-order valence-electron chi connectivity index (χ3n) is 3.62. The Morgan fingerprint density at radius 3 is 2.37 bits per heavy atom. The summed E-state index contributed by atoms with van der Waals surface area (Å²) in [6.07, 6.45) is 0. The van der Waals surface area contributed by atoms with E-state index in [1.54, 1.807) is 36.4 Å². The van der Waals surface area contributed by atoms with E-state index in [1.807, 2.05) is 0 Å². The number of anilines is 1. The fourth-order valence-electron chi connectivity index (χ4n) is 2.27. The van der Waals surface area contributed by atoms with E-state index in [0.29, 0.717) is 5.69 Å². The standard InChI is InChI=1S/C17H20N4O5S/c1-13(20-27(25,26)14-7-3-2-4-8-14)17(22)19-12-11-18-15-9-5-6-10-16(15)21(23)24/h2-10,13,18,20H,11-12H2,1H3,(H,19,22)/t13-/m0/s1. The first-order valence-corrected chi connectivity index (χ1v) is 9.62. The molecule has 0 bridgehead atoms. The van der Waals surface area contributed by atoms with Gasteiger partial charge in [-0.05, 0) is 25.1 Å². The lowest BCUT2D eigenvalue weighted by molar-refractivity contribution is -0.384. The summed E-state index contributed by atoms with van der Waals surface area (Å²) < 4.78 is 26.7. The van der Waals surface area contributed by atoms with Gasteiger partial charge in [0.2, 0.25) is 15.9 Å². The van der Waals surface area contributed by atoms with Gasteiger partial charge in [0.25, 0.3) is 5.69 Å². The number of carbonyl (C=O) groups excluding carboxylic acids is 1. The Hall–Kier alpha value is -2.98. The van der Waals surface area contributed by atoms with Gasteiger partial charge in [0, 0.05) is 19.2 Å². The van der Waals surface area contributed by atoms with Crippen molar-refractivity contribution in [3.63, 3.8) is 0 Å². The Morgan fingerprint density at radius 2 is 1.70 bits per heavy atom. The average Bonchev–Trinajstić information content (AvgIpc) is 2.65. The van der Waals surface area contributed by atoms with Gasteiger partial charge in [-0.1, -0.05) is 30.3 Å². The molecule has 3 N–H and O–H groups in total. The van der Waals surface area contributed by atoms with Crippen LogP contribution in [0, 0.1) is 10.1 Å². The molecule has 0 aliphatic heterocycles. The number of nitrogens with one attached hydrogen (secondary N) is 3. The first kappa shape index (κ1) is 20.3. The molecule has 1 amide bonds. The van der Waals surface area contributed by atoms with Crippen molar-refractivity contribution in [3.8, 4) is 0 Å². The first-order chi connectivity index (χ1) is 12.8. The maximum atomic E-state index is 12.2. The topological polar surface area (TPSA) is 130 Å². The number of carbonyl (C=O) groups is 1. The number of hydrogen-bond donors (Lipinski definition) is 3. The molecule has 0 spiro atoms. The van der Waals surface area contributed by atoms with Crippen LogP contribution in [0.3, 0.4) is 0 Å². The van der Waals surface area contributed by atoms with Crippen molar-refractivity contribution >= 4 is 27.3 Å². The summed E-state index contributed by atoms with van der Waals surface area (Å²) in [7, 11) is -3.79. The lowest BCUT2D eigenvalue weighted by Crippen LogP contribution is -2.45. The van der Waals surface area contributed by atoms with E-state index in [4.69, 9.17) is 0 Å². The second kappa shape index (κ2) is 9.10. The number of sulfonamides is 1. The van der Waals surface area contributed by atoms with E-state index in [-0.39, 0.29) is 23.7 Å². The van der Waals surface area contributed by atoms with Crippen LogP contribution in [0.1, 0.15) is 6.92 Å². The lowest BCUT2D eigenvalue weighted by Gasteiger charge is -2.15. The van der Waals surface area contributed by atoms with E-state index >= 15 is 0 Å². The van der Waals surface area contributed by atoms with E-state index in [2.05, 4.69) is 15.4 Å². The summed E-state index contributed by atoms with van der Waals surface area (Å²) in [5.41, 5.74) is 0.280. The zero-order chi connectivity index (χ0) is 19.9. The first-order valence-electron chi connectivity index (χ1n) is 8.13. The minimum atomic E-state index is -3.79. The van der Waals surface area contributed by atoms with E-state index in [1.165, 1.54) is 25.1 Å². The largest absolute Gasteiger partial charge is 0.378 e. The molecule has 0 saturated carbocycles. The summed E-state index contributed by atoms with van der Waals surface area (Å²) in [5, 5.41) is 16.4. The van der Waals surface area contributed by atoms with Crippen LogP contribution in [0.2, 0.25) is 0 Å². The molecule has 144 valence electrons. The average molecular weight is 392 g/mol. The molecule has 0 heterocycles. The maximum absolute atomic E-state index is 12.2. The third kappa shape index (κ3) is 5.76. The number of amides is 1. The Balaban J connectivity index is 1.83. The molecule has 10 heteroatoms. The fraction of sp³-hybridized carbons (Fsp3) is 0.235. The highest BCUT2D eigenvalue weighted by atomic mass is 32.2. The van der Waals surface area contributed by atoms with Crippen LogP contribution < -0.4 is 15.4 Å². The summed E-state index contributed by atoms with van der Waals surface area (Å²) in [5.74, 6) is -0.501. The van der Waals surface area contributed by atoms with Crippen LogP contribution in [0.5, 0.6) is 0 Å². The normalized spacial score (nSPS) is 12.2. The summed E-state index contributed by atoms with van der Waals surface area (Å²) in [6.45, 7) is 1.85. The summed E-state index contributed by atoms with van der Waals surface area (Å²) in [4.78, 5) is 22.6. The molecule has 0 unspecified atom stereocenters. The number of hydrogen-bond acceptors (Lipinski definition) is 6. The van der Waals surface area contributed by atoms with Gasteiger partial charge in [-0.2, -0.15) is 4.72 Å². The minimum absolute atomic E-state index is 0.0622. The number of para-hydroxylation sites is 2. The van der Waals surface area contributed by atoms with Crippen molar-refractivity contribution in [2.45, 2.75) is 17.9 Å². The minimum Gasteiger partial charge on any atom is -0.378 e. The highest BCUT2D eigenvalue weighted by Crippen LogP contribution is 2.22. The van der Waals surface area contributed by atoms with E-state index in [9.17, 15) is 23.3 Å². The zero-order valence-electron chi connectivity index (χ0n) is 14.6. The van der Waals surface area contributed by atoms with Gasteiger partial charge in [0.05, 0.1) is 15.9 Å². The summed E-state index contributed by atoms with van der Waals surface area (Å²) >= 11 is 0. The zero-order valence-corrected chi connectivity index (χ0v) is 15.4. The van der Waals surface area contributed by atoms with Gasteiger partial charge in [-0.15, -0.1) is 0 Å². The number of nitrogens with zero attached hydrogens (tertiary/aromatic N) is 1. The second-order valence-corrected chi connectivity index (χ2v) is 7.36. The van der Waals surface area contributed by atoms with Crippen molar-refractivity contribution in [1.29, 1.82) is 0 Å². The molecule has 0 fully saturated rings. The predicted molar refractivity (Wildman–Crippen MR) is 101 cm³/mol. The van der Waals surface area contributed by atoms with Gasteiger partial charge >= 0.3 is 0 Å². The number of nitro benzene ring substituents is 1. The molecule has 2 aromatic carbocycles. The molecular weight excluding hydrogens is 372 g/mol. The van der Waals surface area contributed by atoms with Gasteiger partial charge in [0.1, 0.15) is 5.69 Å². The molecule has 0 aromatic heterocycles. The number of nitro groups is 1. The molecule has 0 aliphatic carbocycles. The van der Waals surface area contributed by atoms with Gasteiger partial charge in [0.15, 0.2) is 0 Å². The predicted octanol–water partition coefficient (Wildman–Crippen LogP) is 1.49. The van der Waals surface area contributed by atoms with Crippen molar-refractivity contribution in [2.75, 3.05) is 18.4 Å². The molecule has 2 aromatic rings. The molecule has 2 rings (SSSR count). The molecule has 0 saturated heterocycles. The third-order valence-corrected chi connectivity index (χ3v) is 5.18. The maximum Gasteiger partial charge on any atom is 0.292 e. The number of rotatable bonds is 9. The van der Waals surface area contributed by atoms with E-state index in [0.717, 1.165) is 0 Å². The van der Waals surface area contributed by atoms with Crippen LogP contribution in [0.4, 0.5) is 11.4 Å². The Bertz CT molecular complexity index is 903. The fourth-order valence-corrected chi connectivity index (χ4v) is 3.50. The van der Waals surface area contributed by atoms with Crippen molar-refractivity contribution in [1.82, 2.24) is 10.0 Å². The SMILES string of the molecule is C[C@H](NS(=O)(=O)c1ccccc1)C(=O)NCCNc1ccccc1[N+](=O)[O-]. The van der Waals surface area contributed by atoms with E-state index < -0.39 is 26.9 Å². The molecule has 1 atom stereocenters.